The predicted octanol–water partition coefficient (Wildman–Crippen LogP) is 3.41. The minimum absolute atomic E-state index is 0.0242. The van der Waals surface area contributed by atoms with Crippen molar-refractivity contribution in [3.63, 3.8) is 0 Å². The van der Waals surface area contributed by atoms with Gasteiger partial charge in [0.25, 0.3) is 6.47 Å². The third-order valence-electron chi connectivity index (χ3n) is 4.81. The van der Waals surface area contributed by atoms with Gasteiger partial charge in [-0.15, -0.1) is 0 Å². The van der Waals surface area contributed by atoms with Crippen molar-refractivity contribution in [3.8, 4) is 5.88 Å². The second kappa shape index (κ2) is 5.41. The maximum absolute atomic E-state index is 13.9. The van der Waals surface area contributed by atoms with Gasteiger partial charge >= 0.3 is 0 Å². The van der Waals surface area contributed by atoms with Crippen molar-refractivity contribution in [1.29, 1.82) is 0 Å². The van der Waals surface area contributed by atoms with Gasteiger partial charge in [-0.05, 0) is 49.8 Å². The van der Waals surface area contributed by atoms with Gasteiger partial charge in [0.05, 0.1) is 5.69 Å². The van der Waals surface area contributed by atoms with E-state index in [0.29, 0.717) is 23.8 Å². The van der Waals surface area contributed by atoms with E-state index >= 15 is 0 Å². The number of rotatable bonds is 4. The summed E-state index contributed by atoms with van der Waals surface area (Å²) < 4.78 is 19.1. The van der Waals surface area contributed by atoms with Crippen molar-refractivity contribution in [2.24, 2.45) is 0 Å². The fraction of sp³-hybridized carbons (Fsp3) is 0.389. The Kier molecular flexibility index (Phi) is 3.36. The smallest absolute Gasteiger partial charge is 0.299 e. The van der Waals surface area contributed by atoms with Crippen molar-refractivity contribution in [1.82, 2.24) is 9.97 Å². The van der Waals surface area contributed by atoms with Crippen molar-refractivity contribution in [2.45, 2.75) is 44.4 Å². The molecule has 0 unspecified atom stereocenters. The summed E-state index contributed by atoms with van der Waals surface area (Å²) in [4.78, 5) is 20.0. The fourth-order valence-electron chi connectivity index (χ4n) is 3.45. The lowest BCUT2D eigenvalue weighted by atomic mass is 9.90. The third kappa shape index (κ3) is 2.40. The van der Waals surface area contributed by atoms with E-state index in [2.05, 4.69) is 9.97 Å². The molecule has 0 saturated heterocycles. The van der Waals surface area contributed by atoms with Crippen LogP contribution in [-0.2, 0) is 11.2 Å². The molecule has 2 aromatic rings. The maximum Gasteiger partial charge on any atom is 0.299 e. The number of hydrogen-bond acceptors (Lipinski definition) is 4. The van der Waals surface area contributed by atoms with E-state index in [1.165, 1.54) is 6.07 Å². The van der Waals surface area contributed by atoms with Crippen molar-refractivity contribution < 1.29 is 13.9 Å². The van der Waals surface area contributed by atoms with Crippen LogP contribution in [0.5, 0.6) is 5.88 Å². The van der Waals surface area contributed by atoms with E-state index in [4.69, 9.17) is 4.74 Å². The van der Waals surface area contributed by atoms with E-state index in [-0.39, 0.29) is 11.7 Å². The molecule has 4 nitrogen and oxygen atoms in total. The molecule has 2 aliphatic carbocycles. The first kappa shape index (κ1) is 14.3. The summed E-state index contributed by atoms with van der Waals surface area (Å²) in [7, 11) is 0. The molecule has 1 saturated carbocycles. The van der Waals surface area contributed by atoms with Gasteiger partial charge < -0.3 is 4.74 Å². The Hall–Kier alpha value is -2.30. The van der Waals surface area contributed by atoms with E-state index in [1.807, 2.05) is 6.07 Å². The quantitative estimate of drug-likeness (QED) is 0.812. The number of benzene rings is 1. The van der Waals surface area contributed by atoms with Crippen molar-refractivity contribution in [3.05, 3.63) is 52.2 Å². The zero-order valence-corrected chi connectivity index (χ0v) is 12.9. The van der Waals surface area contributed by atoms with Crippen LogP contribution in [0.2, 0.25) is 0 Å². The summed E-state index contributed by atoms with van der Waals surface area (Å²) in [6.07, 6.45) is 3.81. The highest BCUT2D eigenvalue weighted by Crippen LogP contribution is 2.45. The molecule has 2 aliphatic rings. The molecule has 0 amide bonds. The molecule has 23 heavy (non-hydrogen) atoms. The highest BCUT2D eigenvalue weighted by molar-refractivity contribution is 5.52. The van der Waals surface area contributed by atoms with Crippen LogP contribution >= 0.6 is 0 Å². The molecular formula is C18H17FN2O2. The van der Waals surface area contributed by atoms with Crippen LogP contribution in [0.4, 0.5) is 4.39 Å². The Morgan fingerprint density at radius 3 is 2.83 bits per heavy atom. The Morgan fingerprint density at radius 1 is 1.26 bits per heavy atom. The fourth-order valence-corrected chi connectivity index (χ4v) is 3.45. The van der Waals surface area contributed by atoms with E-state index in [9.17, 15) is 9.18 Å². The standard InChI is InChI=1S/C18H17FN2O2/c1-10-12(3-2-4-14(10)19)13-7-8-15-16(13)18(23-9-22)21-17(20-15)11-5-6-11/h2-4,9,11,13H,5-8H2,1H3/t13-/m1/s1. The van der Waals surface area contributed by atoms with Crippen LogP contribution in [0.1, 0.15) is 59.3 Å². The molecule has 0 aliphatic heterocycles. The third-order valence-corrected chi connectivity index (χ3v) is 4.81. The average molecular weight is 312 g/mol. The Morgan fingerprint density at radius 2 is 2.09 bits per heavy atom. The lowest BCUT2D eigenvalue weighted by molar-refractivity contribution is -0.121. The van der Waals surface area contributed by atoms with Gasteiger partial charge in [-0.25, -0.2) is 9.37 Å². The number of hydrogen-bond donors (Lipinski definition) is 0. The summed E-state index contributed by atoms with van der Waals surface area (Å²) in [6.45, 7) is 2.19. The molecule has 1 heterocycles. The maximum atomic E-state index is 13.9. The van der Waals surface area contributed by atoms with Gasteiger partial charge in [-0.1, -0.05) is 12.1 Å². The van der Waals surface area contributed by atoms with Gasteiger partial charge in [0.2, 0.25) is 5.88 Å². The van der Waals surface area contributed by atoms with E-state index in [0.717, 1.165) is 48.3 Å². The summed E-state index contributed by atoms with van der Waals surface area (Å²) in [5.74, 6) is 1.27. The monoisotopic (exact) mass is 312 g/mol. The zero-order valence-electron chi connectivity index (χ0n) is 12.9. The van der Waals surface area contributed by atoms with Crippen LogP contribution in [0.25, 0.3) is 0 Å². The average Bonchev–Trinajstić information content (AvgIpc) is 3.31. The molecule has 1 aromatic heterocycles. The molecule has 4 rings (SSSR count). The summed E-state index contributed by atoms with van der Waals surface area (Å²) in [6, 6.07) is 5.11. The second-order valence-corrected chi connectivity index (χ2v) is 6.28. The number of carbonyl (C=O) groups excluding carboxylic acids is 1. The molecule has 0 radical (unpaired) electrons. The Balaban J connectivity index is 1.83. The van der Waals surface area contributed by atoms with Crippen molar-refractivity contribution >= 4 is 6.47 Å². The normalized spacial score (nSPS) is 19.5. The van der Waals surface area contributed by atoms with Gasteiger partial charge in [-0.3, -0.25) is 4.79 Å². The van der Waals surface area contributed by atoms with Gasteiger partial charge in [0.1, 0.15) is 11.6 Å². The molecule has 0 bridgehead atoms. The van der Waals surface area contributed by atoms with Crippen LogP contribution in [0, 0.1) is 12.7 Å². The lowest BCUT2D eigenvalue weighted by Gasteiger charge is -2.17. The van der Waals surface area contributed by atoms with Crippen molar-refractivity contribution in [2.75, 3.05) is 0 Å². The summed E-state index contributed by atoms with van der Waals surface area (Å²) in [5.41, 5.74) is 3.33. The van der Waals surface area contributed by atoms with Crippen LogP contribution in [-0.4, -0.2) is 16.4 Å². The molecular weight excluding hydrogens is 295 g/mol. The second-order valence-electron chi connectivity index (χ2n) is 6.28. The molecule has 5 heteroatoms. The first-order valence-corrected chi connectivity index (χ1v) is 7.95. The minimum atomic E-state index is -0.218. The Labute approximate surface area is 133 Å². The van der Waals surface area contributed by atoms with Gasteiger partial charge in [0, 0.05) is 17.4 Å². The number of carbonyl (C=O) groups is 1. The summed E-state index contributed by atoms with van der Waals surface area (Å²) in [5, 5.41) is 0. The first-order chi connectivity index (χ1) is 11.2. The van der Waals surface area contributed by atoms with Crippen LogP contribution in [0.3, 0.4) is 0 Å². The van der Waals surface area contributed by atoms with E-state index in [1.54, 1.807) is 13.0 Å². The molecule has 1 fully saturated rings. The lowest BCUT2D eigenvalue weighted by Crippen LogP contribution is -2.08. The minimum Gasteiger partial charge on any atom is -0.409 e. The highest BCUT2D eigenvalue weighted by Gasteiger charge is 2.35. The molecule has 1 atom stereocenters. The van der Waals surface area contributed by atoms with Gasteiger partial charge in [0.15, 0.2) is 0 Å². The largest absolute Gasteiger partial charge is 0.409 e. The zero-order chi connectivity index (χ0) is 16.0. The highest BCUT2D eigenvalue weighted by atomic mass is 19.1. The number of aryl methyl sites for hydroxylation is 1. The summed E-state index contributed by atoms with van der Waals surface area (Å²) >= 11 is 0. The number of aromatic nitrogens is 2. The van der Waals surface area contributed by atoms with E-state index < -0.39 is 0 Å². The number of ether oxygens (including phenoxy) is 1. The number of halogens is 1. The number of nitrogens with zero attached hydrogens (tertiary/aromatic N) is 2. The molecule has 0 spiro atoms. The Bertz CT molecular complexity index is 787. The first-order valence-electron chi connectivity index (χ1n) is 7.95. The van der Waals surface area contributed by atoms with Crippen LogP contribution < -0.4 is 4.74 Å². The topological polar surface area (TPSA) is 52.1 Å². The molecule has 118 valence electrons. The SMILES string of the molecule is Cc1c(F)cccc1[C@H]1CCc2nc(C3CC3)nc(OC=O)c21. The predicted molar refractivity (Wildman–Crippen MR) is 82.0 cm³/mol. The van der Waals surface area contributed by atoms with Crippen LogP contribution in [0.15, 0.2) is 18.2 Å². The number of fused-ring (bicyclic) bond motifs is 1. The molecule has 0 N–H and O–H groups in total. The van der Waals surface area contributed by atoms with Gasteiger partial charge in [-0.2, -0.15) is 4.98 Å². The molecule has 1 aromatic carbocycles.